The molecule has 114 valence electrons. The Kier molecular flexibility index (Phi) is 4.70. The molecule has 0 unspecified atom stereocenters. The number of benzene rings is 2. The van der Waals surface area contributed by atoms with Crippen LogP contribution in [0.1, 0.15) is 31.9 Å². The SMILES string of the molecule is CC(=Cc1ccccc1)c1ccc2c(c1)SCC(C)(C)CS2. The third-order valence-electron chi connectivity index (χ3n) is 3.82. The van der Waals surface area contributed by atoms with Gasteiger partial charge in [-0.2, -0.15) is 0 Å². The largest absolute Gasteiger partial charge is 0.124 e. The summed E-state index contributed by atoms with van der Waals surface area (Å²) in [6, 6.07) is 17.5. The quantitative estimate of drug-likeness (QED) is 0.580. The second-order valence-corrected chi connectivity index (χ2v) is 8.68. The van der Waals surface area contributed by atoms with Crippen LogP contribution in [0.25, 0.3) is 11.6 Å². The van der Waals surface area contributed by atoms with Crippen LogP contribution in [0.5, 0.6) is 0 Å². The van der Waals surface area contributed by atoms with Gasteiger partial charge in [-0.3, -0.25) is 0 Å². The van der Waals surface area contributed by atoms with Gasteiger partial charge in [-0.05, 0) is 41.2 Å². The van der Waals surface area contributed by atoms with Crippen LogP contribution in [-0.2, 0) is 0 Å². The van der Waals surface area contributed by atoms with Gasteiger partial charge in [0, 0.05) is 21.3 Å². The number of hydrogen-bond acceptors (Lipinski definition) is 2. The Bertz CT molecular complexity index is 684. The van der Waals surface area contributed by atoms with Crippen molar-refractivity contribution in [3.05, 3.63) is 59.7 Å². The van der Waals surface area contributed by atoms with Gasteiger partial charge in [0.2, 0.25) is 0 Å². The molecule has 0 saturated heterocycles. The third kappa shape index (κ3) is 3.80. The van der Waals surface area contributed by atoms with Gasteiger partial charge in [0.05, 0.1) is 0 Å². The smallest absolute Gasteiger partial charge is 0.0214 e. The number of hydrogen-bond donors (Lipinski definition) is 0. The summed E-state index contributed by atoms with van der Waals surface area (Å²) in [7, 11) is 0. The van der Waals surface area contributed by atoms with Crippen molar-refractivity contribution >= 4 is 35.2 Å². The molecule has 2 aromatic carbocycles. The summed E-state index contributed by atoms with van der Waals surface area (Å²) >= 11 is 4.01. The van der Waals surface area contributed by atoms with E-state index in [0.717, 1.165) is 0 Å². The summed E-state index contributed by atoms with van der Waals surface area (Å²) in [5, 5.41) is 0. The van der Waals surface area contributed by atoms with E-state index in [1.54, 1.807) is 0 Å². The van der Waals surface area contributed by atoms with Crippen LogP contribution in [0.4, 0.5) is 0 Å². The van der Waals surface area contributed by atoms with E-state index in [9.17, 15) is 0 Å². The van der Waals surface area contributed by atoms with Gasteiger partial charge in [-0.1, -0.05) is 56.3 Å². The highest BCUT2D eigenvalue weighted by atomic mass is 32.2. The highest BCUT2D eigenvalue weighted by Crippen LogP contribution is 2.42. The predicted octanol–water partition coefficient (Wildman–Crippen LogP) is 6.47. The molecule has 0 amide bonds. The van der Waals surface area contributed by atoms with Crippen molar-refractivity contribution < 1.29 is 0 Å². The maximum absolute atomic E-state index is 2.36. The van der Waals surface area contributed by atoms with E-state index in [-0.39, 0.29) is 0 Å². The second-order valence-electron chi connectivity index (χ2n) is 6.64. The summed E-state index contributed by atoms with van der Waals surface area (Å²) < 4.78 is 0. The van der Waals surface area contributed by atoms with E-state index < -0.39 is 0 Å². The number of thioether (sulfide) groups is 2. The number of rotatable bonds is 2. The summed E-state index contributed by atoms with van der Waals surface area (Å²) in [6.45, 7) is 6.92. The molecule has 0 aliphatic carbocycles. The maximum atomic E-state index is 2.36. The molecule has 0 saturated carbocycles. The van der Waals surface area contributed by atoms with Crippen molar-refractivity contribution in [1.29, 1.82) is 0 Å². The Morgan fingerprint density at radius 1 is 0.955 bits per heavy atom. The van der Waals surface area contributed by atoms with Crippen molar-refractivity contribution in [2.75, 3.05) is 11.5 Å². The molecule has 0 radical (unpaired) electrons. The van der Waals surface area contributed by atoms with Crippen molar-refractivity contribution in [2.24, 2.45) is 5.41 Å². The third-order valence-corrected chi connectivity index (χ3v) is 7.12. The molecule has 2 aromatic rings. The second kappa shape index (κ2) is 6.55. The van der Waals surface area contributed by atoms with Crippen molar-refractivity contribution in [1.82, 2.24) is 0 Å². The molecule has 1 heterocycles. The van der Waals surface area contributed by atoms with Gasteiger partial charge in [-0.25, -0.2) is 0 Å². The Hall–Kier alpha value is -1.12. The fourth-order valence-corrected chi connectivity index (χ4v) is 5.02. The molecular weight excluding hydrogens is 304 g/mol. The number of allylic oxidation sites excluding steroid dienone is 1. The molecule has 0 nitrogen and oxygen atoms in total. The summed E-state index contributed by atoms with van der Waals surface area (Å²) in [6.07, 6.45) is 2.26. The summed E-state index contributed by atoms with van der Waals surface area (Å²) in [5.74, 6) is 2.39. The topological polar surface area (TPSA) is 0 Å². The van der Waals surface area contributed by atoms with Gasteiger partial charge in [0.15, 0.2) is 0 Å². The molecular formula is C20H22S2. The number of fused-ring (bicyclic) bond motifs is 1. The molecule has 2 heteroatoms. The Morgan fingerprint density at radius 3 is 2.36 bits per heavy atom. The first-order chi connectivity index (χ1) is 10.5. The first-order valence-corrected chi connectivity index (χ1v) is 9.64. The fourth-order valence-electron chi connectivity index (χ4n) is 2.46. The lowest BCUT2D eigenvalue weighted by atomic mass is 10.0. The molecule has 22 heavy (non-hydrogen) atoms. The molecule has 0 aromatic heterocycles. The Morgan fingerprint density at radius 2 is 1.64 bits per heavy atom. The van der Waals surface area contributed by atoms with Gasteiger partial charge >= 0.3 is 0 Å². The zero-order valence-corrected chi connectivity index (χ0v) is 15.1. The first kappa shape index (κ1) is 15.8. The molecule has 1 aliphatic heterocycles. The van der Waals surface area contributed by atoms with Gasteiger partial charge in [-0.15, -0.1) is 23.5 Å². The molecule has 0 atom stereocenters. The van der Waals surface area contributed by atoms with E-state index in [1.165, 1.54) is 38.0 Å². The zero-order chi connectivity index (χ0) is 15.6. The van der Waals surface area contributed by atoms with Gasteiger partial charge < -0.3 is 0 Å². The van der Waals surface area contributed by atoms with Crippen LogP contribution < -0.4 is 0 Å². The van der Waals surface area contributed by atoms with Crippen LogP contribution in [0.2, 0.25) is 0 Å². The highest BCUT2D eigenvalue weighted by Gasteiger charge is 2.23. The van der Waals surface area contributed by atoms with Gasteiger partial charge in [0.25, 0.3) is 0 Å². The molecule has 0 bridgehead atoms. The lowest BCUT2D eigenvalue weighted by Crippen LogP contribution is -2.16. The van der Waals surface area contributed by atoms with Crippen LogP contribution in [0, 0.1) is 5.41 Å². The van der Waals surface area contributed by atoms with E-state index in [2.05, 4.69) is 75.4 Å². The summed E-state index contributed by atoms with van der Waals surface area (Å²) in [4.78, 5) is 2.88. The van der Waals surface area contributed by atoms with Crippen molar-refractivity contribution in [3.63, 3.8) is 0 Å². The lowest BCUT2D eigenvalue weighted by molar-refractivity contribution is 0.493. The van der Waals surface area contributed by atoms with Crippen LogP contribution in [0.3, 0.4) is 0 Å². The lowest BCUT2D eigenvalue weighted by Gasteiger charge is -2.19. The Balaban J connectivity index is 1.88. The maximum Gasteiger partial charge on any atom is 0.0214 e. The zero-order valence-electron chi connectivity index (χ0n) is 13.4. The predicted molar refractivity (Wildman–Crippen MR) is 102 cm³/mol. The minimum atomic E-state index is 0.406. The molecule has 0 fully saturated rings. The van der Waals surface area contributed by atoms with E-state index >= 15 is 0 Å². The molecule has 0 spiro atoms. The van der Waals surface area contributed by atoms with E-state index in [0.29, 0.717) is 5.41 Å². The fraction of sp³-hybridized carbons (Fsp3) is 0.300. The average Bonchev–Trinajstić information content (AvgIpc) is 2.67. The average molecular weight is 327 g/mol. The minimum Gasteiger partial charge on any atom is -0.124 e. The molecule has 1 aliphatic rings. The minimum absolute atomic E-state index is 0.406. The monoisotopic (exact) mass is 326 g/mol. The van der Waals surface area contributed by atoms with E-state index in [1.807, 2.05) is 23.5 Å². The molecule has 0 N–H and O–H groups in total. The van der Waals surface area contributed by atoms with Crippen LogP contribution >= 0.6 is 23.5 Å². The first-order valence-electron chi connectivity index (χ1n) is 7.67. The standard InChI is InChI=1S/C20H22S2/c1-15(11-16-7-5-4-6-8-16)17-9-10-18-19(12-17)22-14-20(2,3)13-21-18/h4-12H,13-14H2,1-3H3. The van der Waals surface area contributed by atoms with Gasteiger partial charge in [0.1, 0.15) is 0 Å². The normalized spacial score (nSPS) is 17.7. The van der Waals surface area contributed by atoms with Crippen LogP contribution in [-0.4, -0.2) is 11.5 Å². The Labute approximate surface area is 142 Å². The van der Waals surface area contributed by atoms with Crippen molar-refractivity contribution in [3.8, 4) is 0 Å². The highest BCUT2D eigenvalue weighted by molar-refractivity contribution is 8.03. The summed E-state index contributed by atoms with van der Waals surface area (Å²) in [5.41, 5.74) is 4.32. The van der Waals surface area contributed by atoms with Crippen molar-refractivity contribution in [2.45, 2.75) is 30.6 Å². The van der Waals surface area contributed by atoms with Crippen LogP contribution in [0.15, 0.2) is 58.3 Å². The van der Waals surface area contributed by atoms with E-state index in [4.69, 9.17) is 0 Å². The molecule has 3 rings (SSSR count).